The largest absolute Gasteiger partial charge is 0.419 e. The summed E-state index contributed by atoms with van der Waals surface area (Å²) in [6.07, 6.45) is -0.709. The molecule has 3 N–H and O–H groups in total. The molecule has 5 heteroatoms. The topological polar surface area (TPSA) is 81.4 Å². The van der Waals surface area contributed by atoms with Gasteiger partial charge in [0.1, 0.15) is 0 Å². The molecule has 0 fully saturated rings. The second-order valence-corrected chi connectivity index (χ2v) is 3.41. The maximum atomic E-state index is 11.2. The van der Waals surface area contributed by atoms with E-state index >= 15 is 0 Å². The Kier molecular flexibility index (Phi) is 2.34. The van der Waals surface area contributed by atoms with Crippen LogP contribution in [0, 0.1) is 0 Å². The number of nitrogens with zero attached hydrogens (tertiary/aromatic N) is 1. The number of hydrogen-bond acceptors (Lipinski definition) is 4. The first kappa shape index (κ1) is 9.95. The zero-order chi connectivity index (χ0) is 11.0. The fourth-order valence-electron chi connectivity index (χ4n) is 1.49. The van der Waals surface area contributed by atoms with E-state index in [2.05, 4.69) is 0 Å². The average molecular weight is 208 g/mol. The molecule has 0 saturated heterocycles. The van der Waals surface area contributed by atoms with Gasteiger partial charge in [-0.05, 0) is 17.7 Å². The standard InChI is InChI=1S/C10H12N2O3/c1-12-7-4-6(8(13)5-11)2-3-9(7)15-10(12)14/h2-4,8,13H,5,11H2,1H3. The Morgan fingerprint density at radius 3 is 3.00 bits per heavy atom. The van der Waals surface area contributed by atoms with Crippen molar-refractivity contribution >= 4 is 11.1 Å². The lowest BCUT2D eigenvalue weighted by atomic mass is 10.1. The molecule has 5 nitrogen and oxygen atoms in total. The number of rotatable bonds is 2. The molecule has 0 bridgehead atoms. The van der Waals surface area contributed by atoms with E-state index in [-0.39, 0.29) is 6.54 Å². The van der Waals surface area contributed by atoms with Crippen molar-refractivity contribution in [3.8, 4) is 0 Å². The van der Waals surface area contributed by atoms with E-state index in [4.69, 9.17) is 10.2 Å². The molecule has 0 aliphatic carbocycles. The summed E-state index contributed by atoms with van der Waals surface area (Å²) in [4.78, 5) is 11.2. The van der Waals surface area contributed by atoms with Crippen molar-refractivity contribution in [3.05, 3.63) is 34.3 Å². The Labute approximate surface area is 85.7 Å². The van der Waals surface area contributed by atoms with Crippen LogP contribution in [0.3, 0.4) is 0 Å². The number of fused-ring (bicyclic) bond motifs is 1. The van der Waals surface area contributed by atoms with E-state index in [1.807, 2.05) is 0 Å². The fraction of sp³-hybridized carbons (Fsp3) is 0.300. The number of aliphatic hydroxyl groups excluding tert-OH is 1. The molecule has 0 aliphatic rings. The van der Waals surface area contributed by atoms with Crippen LogP contribution in [-0.2, 0) is 7.05 Å². The van der Waals surface area contributed by atoms with Crippen molar-refractivity contribution in [3.63, 3.8) is 0 Å². The molecular weight excluding hydrogens is 196 g/mol. The molecule has 1 aromatic carbocycles. The Bertz CT molecular complexity index is 541. The molecule has 80 valence electrons. The molecule has 1 heterocycles. The number of nitrogens with two attached hydrogens (primary N) is 1. The van der Waals surface area contributed by atoms with Crippen molar-refractivity contribution < 1.29 is 9.52 Å². The first-order valence-corrected chi connectivity index (χ1v) is 4.61. The Hall–Kier alpha value is -1.59. The monoisotopic (exact) mass is 208 g/mol. The zero-order valence-corrected chi connectivity index (χ0v) is 8.30. The number of aromatic nitrogens is 1. The highest BCUT2D eigenvalue weighted by atomic mass is 16.4. The van der Waals surface area contributed by atoms with Gasteiger partial charge in [-0.25, -0.2) is 4.79 Å². The molecule has 2 aromatic rings. The number of hydrogen-bond donors (Lipinski definition) is 2. The summed E-state index contributed by atoms with van der Waals surface area (Å²) in [5.41, 5.74) is 7.20. The summed E-state index contributed by atoms with van der Waals surface area (Å²) in [5, 5.41) is 9.54. The second-order valence-electron chi connectivity index (χ2n) is 3.41. The minimum absolute atomic E-state index is 0.150. The smallest absolute Gasteiger partial charge is 0.408 e. The predicted molar refractivity (Wildman–Crippen MR) is 55.5 cm³/mol. The fourth-order valence-corrected chi connectivity index (χ4v) is 1.49. The maximum absolute atomic E-state index is 11.2. The first-order valence-electron chi connectivity index (χ1n) is 4.61. The number of oxazole rings is 1. The van der Waals surface area contributed by atoms with Gasteiger partial charge < -0.3 is 15.3 Å². The van der Waals surface area contributed by atoms with E-state index in [9.17, 15) is 9.90 Å². The molecule has 1 unspecified atom stereocenters. The van der Waals surface area contributed by atoms with Gasteiger partial charge in [0.05, 0.1) is 11.6 Å². The highest BCUT2D eigenvalue weighted by Crippen LogP contribution is 2.18. The molecule has 15 heavy (non-hydrogen) atoms. The van der Waals surface area contributed by atoms with Crippen LogP contribution in [0.1, 0.15) is 11.7 Å². The van der Waals surface area contributed by atoms with Crippen LogP contribution in [0.2, 0.25) is 0 Å². The van der Waals surface area contributed by atoms with Gasteiger partial charge >= 0.3 is 5.76 Å². The summed E-state index contributed by atoms with van der Waals surface area (Å²) in [6, 6.07) is 5.06. The van der Waals surface area contributed by atoms with E-state index in [0.29, 0.717) is 16.7 Å². The predicted octanol–water partition coefficient (Wildman–Crippen LogP) is 0.124. The highest BCUT2D eigenvalue weighted by Gasteiger charge is 2.10. The molecule has 0 radical (unpaired) electrons. The number of benzene rings is 1. The minimum atomic E-state index is -0.709. The summed E-state index contributed by atoms with van der Waals surface area (Å²) >= 11 is 0. The molecular formula is C10H12N2O3. The van der Waals surface area contributed by atoms with Crippen LogP contribution in [0.25, 0.3) is 11.1 Å². The second kappa shape index (κ2) is 3.52. The van der Waals surface area contributed by atoms with Crippen LogP contribution in [-0.4, -0.2) is 16.2 Å². The van der Waals surface area contributed by atoms with Gasteiger partial charge in [-0.15, -0.1) is 0 Å². The molecule has 2 rings (SSSR count). The van der Waals surface area contributed by atoms with Crippen molar-refractivity contribution in [1.82, 2.24) is 4.57 Å². The van der Waals surface area contributed by atoms with Gasteiger partial charge in [0.15, 0.2) is 5.58 Å². The summed E-state index contributed by atoms with van der Waals surface area (Å²) in [6.45, 7) is 0.150. The van der Waals surface area contributed by atoms with Crippen molar-refractivity contribution in [2.75, 3.05) is 6.54 Å². The van der Waals surface area contributed by atoms with Crippen LogP contribution < -0.4 is 11.5 Å². The van der Waals surface area contributed by atoms with Gasteiger partial charge in [0.2, 0.25) is 0 Å². The summed E-state index contributed by atoms with van der Waals surface area (Å²) < 4.78 is 6.35. The molecule has 0 aliphatic heterocycles. The molecule has 0 saturated carbocycles. The number of aryl methyl sites for hydroxylation is 1. The molecule has 1 aromatic heterocycles. The van der Waals surface area contributed by atoms with Gasteiger partial charge in [-0.2, -0.15) is 0 Å². The zero-order valence-electron chi connectivity index (χ0n) is 8.30. The van der Waals surface area contributed by atoms with E-state index in [1.54, 1.807) is 25.2 Å². The van der Waals surface area contributed by atoms with Gasteiger partial charge in [-0.1, -0.05) is 6.07 Å². The van der Waals surface area contributed by atoms with E-state index < -0.39 is 11.9 Å². The SMILES string of the molecule is Cn1c(=O)oc2ccc(C(O)CN)cc21. The van der Waals surface area contributed by atoms with E-state index in [0.717, 1.165) is 0 Å². The van der Waals surface area contributed by atoms with Crippen LogP contribution in [0.4, 0.5) is 0 Å². The Balaban J connectivity index is 2.64. The van der Waals surface area contributed by atoms with Crippen molar-refractivity contribution in [2.45, 2.75) is 6.10 Å². The third kappa shape index (κ3) is 1.55. The van der Waals surface area contributed by atoms with Crippen LogP contribution >= 0.6 is 0 Å². The van der Waals surface area contributed by atoms with Gasteiger partial charge in [0, 0.05) is 13.6 Å². The van der Waals surface area contributed by atoms with Gasteiger partial charge in [0.25, 0.3) is 0 Å². The molecule has 0 amide bonds. The maximum Gasteiger partial charge on any atom is 0.419 e. The lowest BCUT2D eigenvalue weighted by Crippen LogP contribution is -2.12. The minimum Gasteiger partial charge on any atom is -0.408 e. The molecule has 1 atom stereocenters. The van der Waals surface area contributed by atoms with Crippen LogP contribution in [0.15, 0.2) is 27.4 Å². The van der Waals surface area contributed by atoms with Crippen LogP contribution in [0.5, 0.6) is 0 Å². The average Bonchev–Trinajstić information content (AvgIpc) is 2.54. The lowest BCUT2D eigenvalue weighted by molar-refractivity contribution is 0.187. The quantitative estimate of drug-likeness (QED) is 0.734. The number of aliphatic hydroxyl groups is 1. The van der Waals surface area contributed by atoms with E-state index in [1.165, 1.54) is 4.57 Å². The van der Waals surface area contributed by atoms with Crippen molar-refractivity contribution in [2.24, 2.45) is 12.8 Å². The summed E-state index contributed by atoms with van der Waals surface area (Å²) in [5.74, 6) is -0.413. The van der Waals surface area contributed by atoms with Crippen molar-refractivity contribution in [1.29, 1.82) is 0 Å². The highest BCUT2D eigenvalue weighted by molar-refractivity contribution is 5.73. The first-order chi connectivity index (χ1) is 7.13. The normalized spacial score (nSPS) is 13.3. The Morgan fingerprint density at radius 2 is 2.33 bits per heavy atom. The Morgan fingerprint density at radius 1 is 1.60 bits per heavy atom. The molecule has 0 spiro atoms. The summed E-state index contributed by atoms with van der Waals surface area (Å²) in [7, 11) is 1.62. The third-order valence-electron chi connectivity index (χ3n) is 2.42. The van der Waals surface area contributed by atoms with Gasteiger partial charge in [-0.3, -0.25) is 4.57 Å². The third-order valence-corrected chi connectivity index (χ3v) is 2.42. The lowest BCUT2D eigenvalue weighted by Gasteiger charge is -2.07.